The van der Waals surface area contributed by atoms with Gasteiger partial charge >= 0.3 is 0 Å². The maximum absolute atomic E-state index is 12.4. The molecule has 1 amide bonds. The van der Waals surface area contributed by atoms with Gasteiger partial charge in [-0.2, -0.15) is 0 Å². The fourth-order valence-corrected chi connectivity index (χ4v) is 6.39. The van der Waals surface area contributed by atoms with Crippen LogP contribution < -0.4 is 5.32 Å². The lowest BCUT2D eigenvalue weighted by Gasteiger charge is -2.26. The summed E-state index contributed by atoms with van der Waals surface area (Å²) in [4.78, 5) is 12.4. The van der Waals surface area contributed by atoms with Crippen LogP contribution in [0.5, 0.6) is 0 Å². The lowest BCUT2D eigenvalue weighted by Crippen LogP contribution is -2.50. The second kappa shape index (κ2) is 36.9. The lowest BCUT2D eigenvalue weighted by atomic mass is 9.99. The summed E-state index contributed by atoms with van der Waals surface area (Å²) in [6, 6.07) is -0.805. The molecule has 4 N–H and O–H groups in total. The highest BCUT2D eigenvalue weighted by atomic mass is 16.3. The monoisotopic (exact) mass is 652 g/mol. The number of nitrogens with one attached hydrogen (secondary N) is 1. The van der Waals surface area contributed by atoms with Crippen LogP contribution in [-0.4, -0.2) is 46.1 Å². The van der Waals surface area contributed by atoms with Crippen molar-refractivity contribution >= 4 is 5.91 Å². The molecule has 0 aliphatic carbocycles. The molecule has 0 aromatic rings. The van der Waals surface area contributed by atoms with Crippen molar-refractivity contribution in [1.29, 1.82) is 0 Å². The molecular weight excluding hydrogens is 570 g/mol. The number of carbonyl (C=O) groups is 1. The molecule has 46 heavy (non-hydrogen) atoms. The number of aliphatic hydroxyl groups excluding tert-OH is 3. The van der Waals surface area contributed by atoms with Gasteiger partial charge < -0.3 is 20.6 Å². The first-order valence-corrected chi connectivity index (χ1v) is 20.5. The fourth-order valence-electron chi connectivity index (χ4n) is 6.39. The standard InChI is InChI=1S/C41H81NO4/c1-3-5-7-9-11-13-15-17-18-19-20-21-22-23-24-26-28-30-32-34-36-40(45)42-38(37-43)41(46)39(44)35-33-31-29-27-25-16-14-12-10-8-6-4-2/h17-18,38-39,41,43-44,46H,3-16,19-37H2,1-2H3,(H,42,45)/b18-17+. The van der Waals surface area contributed by atoms with E-state index in [1.54, 1.807) is 0 Å². The van der Waals surface area contributed by atoms with Crippen LogP contribution in [0.1, 0.15) is 219 Å². The van der Waals surface area contributed by atoms with Crippen molar-refractivity contribution in [2.24, 2.45) is 0 Å². The van der Waals surface area contributed by atoms with Gasteiger partial charge in [-0.25, -0.2) is 0 Å². The Morgan fingerprint density at radius 3 is 1.26 bits per heavy atom. The number of rotatable bonds is 37. The van der Waals surface area contributed by atoms with Gasteiger partial charge in [0.25, 0.3) is 0 Å². The van der Waals surface area contributed by atoms with Crippen LogP contribution in [0.4, 0.5) is 0 Å². The van der Waals surface area contributed by atoms with E-state index in [0.29, 0.717) is 12.8 Å². The highest BCUT2D eigenvalue weighted by Crippen LogP contribution is 2.16. The summed E-state index contributed by atoms with van der Waals surface area (Å²) < 4.78 is 0. The smallest absolute Gasteiger partial charge is 0.220 e. The molecule has 0 fully saturated rings. The summed E-state index contributed by atoms with van der Waals surface area (Å²) in [5.74, 6) is -0.145. The van der Waals surface area contributed by atoms with E-state index in [1.807, 2.05) is 0 Å². The average molecular weight is 652 g/mol. The maximum atomic E-state index is 12.4. The third-order valence-electron chi connectivity index (χ3n) is 9.62. The number of unbranched alkanes of at least 4 members (excludes halogenated alkanes) is 27. The summed E-state index contributed by atoms with van der Waals surface area (Å²) in [6.45, 7) is 4.17. The van der Waals surface area contributed by atoms with Gasteiger partial charge in [0.2, 0.25) is 5.91 Å². The average Bonchev–Trinajstić information content (AvgIpc) is 3.06. The van der Waals surface area contributed by atoms with Crippen LogP contribution in [0.15, 0.2) is 12.2 Å². The molecule has 0 aliphatic rings. The number of amides is 1. The maximum Gasteiger partial charge on any atom is 0.220 e. The van der Waals surface area contributed by atoms with Gasteiger partial charge in [-0.15, -0.1) is 0 Å². The molecule has 0 saturated heterocycles. The zero-order chi connectivity index (χ0) is 33.8. The third-order valence-corrected chi connectivity index (χ3v) is 9.62. The molecule has 0 rings (SSSR count). The van der Waals surface area contributed by atoms with Crippen LogP contribution in [0.2, 0.25) is 0 Å². The first-order valence-electron chi connectivity index (χ1n) is 20.5. The van der Waals surface area contributed by atoms with E-state index < -0.39 is 18.2 Å². The number of hydrogen-bond donors (Lipinski definition) is 4. The quantitative estimate of drug-likeness (QED) is 0.0397. The Morgan fingerprint density at radius 2 is 0.870 bits per heavy atom. The molecule has 0 aromatic carbocycles. The van der Waals surface area contributed by atoms with E-state index in [4.69, 9.17) is 0 Å². The van der Waals surface area contributed by atoms with Gasteiger partial charge in [0.1, 0.15) is 6.10 Å². The first kappa shape index (κ1) is 45.1. The normalized spacial score (nSPS) is 13.8. The molecule has 0 aromatic heterocycles. The Hall–Kier alpha value is -0.910. The molecule has 3 atom stereocenters. The minimum Gasteiger partial charge on any atom is -0.394 e. The molecule has 0 bridgehead atoms. The van der Waals surface area contributed by atoms with Crippen LogP contribution in [0, 0.1) is 0 Å². The van der Waals surface area contributed by atoms with E-state index in [9.17, 15) is 20.1 Å². The second-order valence-corrected chi connectivity index (χ2v) is 14.2. The minimum atomic E-state index is -1.13. The van der Waals surface area contributed by atoms with Crippen molar-refractivity contribution in [3.63, 3.8) is 0 Å². The molecule has 3 unspecified atom stereocenters. The van der Waals surface area contributed by atoms with Gasteiger partial charge in [-0.1, -0.05) is 187 Å². The highest BCUT2D eigenvalue weighted by Gasteiger charge is 2.26. The first-order chi connectivity index (χ1) is 22.6. The molecule has 5 heteroatoms. The van der Waals surface area contributed by atoms with Gasteiger partial charge in [0.05, 0.1) is 18.8 Å². The van der Waals surface area contributed by atoms with Crippen LogP contribution in [0.25, 0.3) is 0 Å². The van der Waals surface area contributed by atoms with Gasteiger partial charge in [-0.05, 0) is 38.5 Å². The van der Waals surface area contributed by atoms with Crippen molar-refractivity contribution in [3.8, 4) is 0 Å². The van der Waals surface area contributed by atoms with Crippen molar-refractivity contribution in [1.82, 2.24) is 5.32 Å². The SMILES string of the molecule is CCCCCCCC/C=C/CCCCCCCCCCCCC(=O)NC(CO)C(O)C(O)CCCCCCCCCCCCCC. The zero-order valence-electron chi connectivity index (χ0n) is 31.0. The van der Waals surface area contributed by atoms with Crippen molar-refractivity contribution in [2.75, 3.05) is 6.61 Å². The Kier molecular flexibility index (Phi) is 36.2. The molecule has 0 heterocycles. The Labute approximate surface area is 287 Å². The summed E-state index contributed by atoms with van der Waals surface area (Å²) in [6.07, 6.45) is 41.6. The largest absolute Gasteiger partial charge is 0.394 e. The second-order valence-electron chi connectivity index (χ2n) is 14.2. The molecule has 5 nitrogen and oxygen atoms in total. The number of allylic oxidation sites excluding steroid dienone is 2. The zero-order valence-corrected chi connectivity index (χ0v) is 31.0. The van der Waals surface area contributed by atoms with Gasteiger partial charge in [0.15, 0.2) is 0 Å². The predicted molar refractivity (Wildman–Crippen MR) is 199 cm³/mol. The molecule has 0 aliphatic heterocycles. The van der Waals surface area contributed by atoms with E-state index >= 15 is 0 Å². The number of hydrogen-bond acceptors (Lipinski definition) is 4. The summed E-state index contributed by atoms with van der Waals surface area (Å²) in [5.41, 5.74) is 0. The van der Waals surface area contributed by atoms with Crippen LogP contribution in [0.3, 0.4) is 0 Å². The Bertz CT molecular complexity index is 640. The van der Waals surface area contributed by atoms with Gasteiger partial charge in [0, 0.05) is 6.42 Å². The van der Waals surface area contributed by atoms with Crippen molar-refractivity contribution in [2.45, 2.75) is 238 Å². The molecule has 0 spiro atoms. The van der Waals surface area contributed by atoms with E-state index in [1.165, 1.54) is 154 Å². The minimum absolute atomic E-state index is 0.145. The van der Waals surface area contributed by atoms with E-state index in [-0.39, 0.29) is 12.5 Å². The molecule has 0 saturated carbocycles. The van der Waals surface area contributed by atoms with Crippen molar-refractivity contribution < 1.29 is 20.1 Å². The topological polar surface area (TPSA) is 89.8 Å². The third kappa shape index (κ3) is 31.7. The van der Waals surface area contributed by atoms with Crippen molar-refractivity contribution in [3.05, 3.63) is 12.2 Å². The van der Waals surface area contributed by atoms with E-state index in [2.05, 4.69) is 31.3 Å². The van der Waals surface area contributed by atoms with E-state index in [0.717, 1.165) is 38.5 Å². The summed E-state index contributed by atoms with van der Waals surface area (Å²) in [7, 11) is 0. The van der Waals surface area contributed by atoms with Crippen LogP contribution in [-0.2, 0) is 4.79 Å². The molecular formula is C41H81NO4. The number of aliphatic hydroxyl groups is 3. The predicted octanol–water partition coefficient (Wildman–Crippen LogP) is 11.3. The molecule has 0 radical (unpaired) electrons. The summed E-state index contributed by atoms with van der Waals surface area (Å²) in [5, 5.41) is 33.4. The lowest BCUT2D eigenvalue weighted by molar-refractivity contribution is -0.124. The Morgan fingerprint density at radius 1 is 0.522 bits per heavy atom. The summed E-state index contributed by atoms with van der Waals surface area (Å²) >= 11 is 0. The number of carbonyl (C=O) groups excluding carboxylic acids is 1. The highest BCUT2D eigenvalue weighted by molar-refractivity contribution is 5.76. The van der Waals surface area contributed by atoms with Crippen LogP contribution >= 0.6 is 0 Å². The fraction of sp³-hybridized carbons (Fsp3) is 0.927. The van der Waals surface area contributed by atoms with Gasteiger partial charge in [-0.3, -0.25) is 4.79 Å². The molecule has 274 valence electrons. The Balaban J connectivity index is 3.61.